The number of amides is 3. The molecule has 2 N–H and O–H groups in total. The van der Waals surface area contributed by atoms with Crippen molar-refractivity contribution in [1.82, 2.24) is 4.90 Å². The Morgan fingerprint density at radius 1 is 0.968 bits per heavy atom. The van der Waals surface area contributed by atoms with Crippen molar-refractivity contribution < 1.29 is 23.9 Å². The highest BCUT2D eigenvalue weighted by Gasteiger charge is 2.35. The minimum atomic E-state index is -0.368. The van der Waals surface area contributed by atoms with Crippen LogP contribution in [0.1, 0.15) is 30.6 Å². The van der Waals surface area contributed by atoms with Crippen LogP contribution in [0.2, 0.25) is 0 Å². The number of carbonyl (C=O) groups excluding carboxylic acids is 3. The molecule has 0 saturated carbocycles. The Hall–Kier alpha value is -3.55. The van der Waals surface area contributed by atoms with Gasteiger partial charge in [0, 0.05) is 42.0 Å². The molecule has 2 aliphatic heterocycles. The van der Waals surface area contributed by atoms with Crippen molar-refractivity contribution in [2.75, 3.05) is 30.4 Å². The number of hydrogen-bond donors (Lipinski definition) is 2. The van der Waals surface area contributed by atoms with Gasteiger partial charge < -0.3 is 25.0 Å². The molecule has 0 spiro atoms. The highest BCUT2D eigenvalue weighted by atomic mass is 16.6. The summed E-state index contributed by atoms with van der Waals surface area (Å²) >= 11 is 0. The van der Waals surface area contributed by atoms with Crippen molar-refractivity contribution in [1.29, 1.82) is 0 Å². The number of ether oxygens (including phenoxy) is 2. The van der Waals surface area contributed by atoms with E-state index < -0.39 is 0 Å². The summed E-state index contributed by atoms with van der Waals surface area (Å²) in [5.41, 5.74) is 1.64. The van der Waals surface area contributed by atoms with E-state index in [1.165, 1.54) is 0 Å². The molecule has 0 aromatic heterocycles. The van der Waals surface area contributed by atoms with Crippen molar-refractivity contribution in [3.8, 4) is 11.5 Å². The van der Waals surface area contributed by atoms with Gasteiger partial charge in [-0.15, -0.1) is 0 Å². The Morgan fingerprint density at radius 2 is 1.65 bits per heavy atom. The van der Waals surface area contributed by atoms with E-state index in [0.717, 1.165) is 0 Å². The van der Waals surface area contributed by atoms with Gasteiger partial charge in [-0.25, -0.2) is 0 Å². The summed E-state index contributed by atoms with van der Waals surface area (Å²) in [6, 6.07) is 12.0. The molecule has 8 heteroatoms. The van der Waals surface area contributed by atoms with E-state index >= 15 is 0 Å². The van der Waals surface area contributed by atoms with Gasteiger partial charge in [-0.3, -0.25) is 14.4 Å². The van der Waals surface area contributed by atoms with Crippen LogP contribution in [0.25, 0.3) is 0 Å². The van der Waals surface area contributed by atoms with Gasteiger partial charge in [-0.05, 0) is 50.2 Å². The first-order valence-electron chi connectivity index (χ1n) is 10.3. The molecule has 0 aliphatic carbocycles. The predicted octanol–water partition coefficient (Wildman–Crippen LogP) is 2.91. The second-order valence-electron chi connectivity index (χ2n) is 7.92. The van der Waals surface area contributed by atoms with Crippen molar-refractivity contribution >= 4 is 29.1 Å². The molecular formula is C23H25N3O5. The Bertz CT molecular complexity index is 1000. The molecule has 2 aromatic carbocycles. The number of hydrogen-bond acceptors (Lipinski definition) is 5. The predicted molar refractivity (Wildman–Crippen MR) is 115 cm³/mol. The first kappa shape index (κ1) is 20.7. The monoisotopic (exact) mass is 423 g/mol. The molecule has 4 rings (SSSR count). The molecule has 3 amide bonds. The molecule has 0 unspecified atom stereocenters. The van der Waals surface area contributed by atoms with Crippen LogP contribution >= 0.6 is 0 Å². The molecule has 2 aliphatic rings. The first-order chi connectivity index (χ1) is 14.9. The van der Waals surface area contributed by atoms with Crippen LogP contribution in [0.4, 0.5) is 11.4 Å². The largest absolute Gasteiger partial charge is 0.486 e. The summed E-state index contributed by atoms with van der Waals surface area (Å²) in [5, 5.41) is 5.66. The summed E-state index contributed by atoms with van der Waals surface area (Å²) in [7, 11) is 0. The number of rotatable bonds is 5. The van der Waals surface area contributed by atoms with E-state index in [4.69, 9.17) is 9.47 Å². The molecule has 1 atom stereocenters. The van der Waals surface area contributed by atoms with Gasteiger partial charge in [-0.1, -0.05) is 0 Å². The Labute approximate surface area is 180 Å². The summed E-state index contributed by atoms with van der Waals surface area (Å²) in [4.78, 5) is 38.8. The Balaban J connectivity index is 1.35. The fraction of sp³-hybridized carbons (Fsp3) is 0.348. The topological polar surface area (TPSA) is 97.0 Å². The van der Waals surface area contributed by atoms with Crippen LogP contribution in [0.5, 0.6) is 11.5 Å². The van der Waals surface area contributed by atoms with Gasteiger partial charge in [0.2, 0.25) is 11.8 Å². The fourth-order valence-corrected chi connectivity index (χ4v) is 3.68. The first-order valence-corrected chi connectivity index (χ1v) is 10.3. The zero-order chi connectivity index (χ0) is 22.0. The number of anilines is 2. The summed E-state index contributed by atoms with van der Waals surface area (Å²) in [5.74, 6) is 0.427. The molecule has 0 bridgehead atoms. The number of likely N-dealkylation sites (tertiary alicyclic amines) is 1. The fourth-order valence-electron chi connectivity index (χ4n) is 3.68. The second kappa shape index (κ2) is 8.67. The third-order valence-electron chi connectivity index (χ3n) is 5.37. The van der Waals surface area contributed by atoms with Gasteiger partial charge in [0.1, 0.15) is 13.2 Å². The molecule has 0 radical (unpaired) electrons. The maximum Gasteiger partial charge on any atom is 0.255 e. The van der Waals surface area contributed by atoms with E-state index in [1.807, 2.05) is 13.8 Å². The van der Waals surface area contributed by atoms with Crippen molar-refractivity contribution in [2.45, 2.75) is 26.3 Å². The third-order valence-corrected chi connectivity index (χ3v) is 5.37. The quantitative estimate of drug-likeness (QED) is 0.771. The van der Waals surface area contributed by atoms with Gasteiger partial charge in [0.25, 0.3) is 5.91 Å². The molecule has 1 fully saturated rings. The van der Waals surface area contributed by atoms with E-state index in [-0.39, 0.29) is 36.1 Å². The number of benzene rings is 2. The van der Waals surface area contributed by atoms with Gasteiger partial charge in [0.15, 0.2) is 11.5 Å². The molecule has 1 saturated heterocycles. The van der Waals surface area contributed by atoms with Crippen LogP contribution in [-0.2, 0) is 9.59 Å². The van der Waals surface area contributed by atoms with Crippen molar-refractivity contribution in [2.24, 2.45) is 5.92 Å². The lowest BCUT2D eigenvalue weighted by molar-refractivity contribution is -0.129. The van der Waals surface area contributed by atoms with Gasteiger partial charge in [0.05, 0.1) is 5.92 Å². The Kier molecular flexibility index (Phi) is 5.79. The molecule has 8 nitrogen and oxygen atoms in total. The lowest BCUT2D eigenvalue weighted by atomic mass is 10.1. The number of nitrogens with one attached hydrogen (secondary N) is 2. The summed E-state index contributed by atoms with van der Waals surface area (Å²) in [6.07, 6.45) is 0.222. The molecule has 162 valence electrons. The standard InChI is InChI=1S/C23H25N3O5/c1-14(2)26-13-16(11-21(26)27)23(29)24-17-5-3-15(4-6-17)22(28)25-18-7-8-19-20(12-18)31-10-9-30-19/h3-8,12,14,16H,9-11,13H2,1-2H3,(H,24,29)(H,25,28)/t16-/m0/s1. The SMILES string of the molecule is CC(C)N1C[C@@H](C(=O)Nc2ccc(C(=O)Nc3ccc4c(c3)OCCO4)cc2)CC1=O. The zero-order valence-electron chi connectivity index (χ0n) is 17.5. The van der Waals surface area contributed by atoms with Crippen LogP contribution in [0, 0.1) is 5.92 Å². The van der Waals surface area contributed by atoms with E-state index in [1.54, 1.807) is 47.4 Å². The molecule has 31 heavy (non-hydrogen) atoms. The zero-order valence-corrected chi connectivity index (χ0v) is 17.5. The van der Waals surface area contributed by atoms with Gasteiger partial charge in [-0.2, -0.15) is 0 Å². The number of fused-ring (bicyclic) bond motifs is 1. The smallest absolute Gasteiger partial charge is 0.255 e. The second-order valence-corrected chi connectivity index (χ2v) is 7.92. The molecular weight excluding hydrogens is 398 g/mol. The molecule has 2 aromatic rings. The molecule has 2 heterocycles. The lowest BCUT2D eigenvalue weighted by Crippen LogP contribution is -2.33. The number of carbonyl (C=O) groups is 3. The minimum absolute atomic E-state index is 0.00121. The maximum absolute atomic E-state index is 12.5. The van der Waals surface area contributed by atoms with E-state index in [9.17, 15) is 14.4 Å². The van der Waals surface area contributed by atoms with Crippen molar-refractivity contribution in [3.63, 3.8) is 0 Å². The van der Waals surface area contributed by atoms with Crippen LogP contribution < -0.4 is 20.1 Å². The van der Waals surface area contributed by atoms with Crippen LogP contribution in [-0.4, -0.2) is 48.4 Å². The average molecular weight is 423 g/mol. The summed E-state index contributed by atoms with van der Waals surface area (Å²) < 4.78 is 11.0. The summed E-state index contributed by atoms with van der Waals surface area (Å²) in [6.45, 7) is 5.29. The third kappa shape index (κ3) is 4.63. The maximum atomic E-state index is 12.5. The lowest BCUT2D eigenvalue weighted by Gasteiger charge is -2.20. The van der Waals surface area contributed by atoms with Gasteiger partial charge >= 0.3 is 0 Å². The normalized spacial score (nSPS) is 17.6. The number of nitrogens with zero attached hydrogens (tertiary/aromatic N) is 1. The highest BCUT2D eigenvalue weighted by Crippen LogP contribution is 2.32. The van der Waals surface area contributed by atoms with Crippen LogP contribution in [0.15, 0.2) is 42.5 Å². The van der Waals surface area contributed by atoms with E-state index in [2.05, 4.69) is 10.6 Å². The Morgan fingerprint density at radius 3 is 2.32 bits per heavy atom. The minimum Gasteiger partial charge on any atom is -0.486 e. The highest BCUT2D eigenvalue weighted by molar-refractivity contribution is 6.05. The van der Waals surface area contributed by atoms with Crippen molar-refractivity contribution in [3.05, 3.63) is 48.0 Å². The average Bonchev–Trinajstić information content (AvgIpc) is 3.16. The van der Waals surface area contributed by atoms with Crippen LogP contribution in [0.3, 0.4) is 0 Å². The van der Waals surface area contributed by atoms with E-state index in [0.29, 0.717) is 48.2 Å².